The lowest BCUT2D eigenvalue weighted by Crippen LogP contribution is -2.36. The maximum atomic E-state index is 13.2. The van der Waals surface area contributed by atoms with Crippen molar-refractivity contribution in [1.29, 1.82) is 0 Å². The molecule has 2 aromatic carbocycles. The Bertz CT molecular complexity index is 947. The highest BCUT2D eigenvalue weighted by Crippen LogP contribution is 2.41. The fraction of sp³-hybridized carbons (Fsp3) is 0.250. The molecule has 0 amide bonds. The first-order chi connectivity index (χ1) is 12.8. The van der Waals surface area contributed by atoms with Gasteiger partial charge >= 0.3 is 11.9 Å². The predicted molar refractivity (Wildman–Crippen MR) is 94.4 cm³/mol. The van der Waals surface area contributed by atoms with Gasteiger partial charge in [0.2, 0.25) is 0 Å². The molecule has 3 rings (SSSR count). The van der Waals surface area contributed by atoms with E-state index in [1.54, 1.807) is 24.3 Å². The fourth-order valence-corrected chi connectivity index (χ4v) is 3.24. The minimum absolute atomic E-state index is 0.0481. The molecule has 0 bridgehead atoms. The standard InChI is InChI=1S/C20H18O7/c1-20(19(24)25,9-16(21)22)14-7-12(26-2)8-15-17(14)18(23)13-6-4-3-5-11(13)10-27-15/h3-8H,9-10H2,1-2H3,(H,21,22)(H,24,25). The Morgan fingerprint density at radius 2 is 1.93 bits per heavy atom. The molecule has 1 unspecified atom stereocenters. The van der Waals surface area contributed by atoms with Crippen LogP contribution in [0.25, 0.3) is 0 Å². The number of benzene rings is 2. The fourth-order valence-electron chi connectivity index (χ4n) is 3.24. The Morgan fingerprint density at radius 3 is 2.56 bits per heavy atom. The molecule has 0 aliphatic carbocycles. The highest BCUT2D eigenvalue weighted by Gasteiger charge is 2.43. The number of methoxy groups -OCH3 is 1. The molecule has 1 aliphatic rings. The largest absolute Gasteiger partial charge is 0.497 e. The number of aliphatic carboxylic acids is 2. The second kappa shape index (κ2) is 6.75. The van der Waals surface area contributed by atoms with Crippen molar-refractivity contribution in [2.75, 3.05) is 7.11 Å². The Labute approximate surface area is 155 Å². The number of carbonyl (C=O) groups is 3. The third-order valence-corrected chi connectivity index (χ3v) is 4.75. The van der Waals surface area contributed by atoms with E-state index in [1.165, 1.54) is 26.2 Å². The Balaban J connectivity index is 2.32. The molecule has 7 heteroatoms. The maximum Gasteiger partial charge on any atom is 0.314 e. The highest BCUT2D eigenvalue weighted by molar-refractivity contribution is 6.14. The van der Waals surface area contributed by atoms with E-state index >= 15 is 0 Å². The summed E-state index contributed by atoms with van der Waals surface area (Å²) in [7, 11) is 1.40. The normalized spacial score (nSPS) is 14.8. The number of ketones is 1. The van der Waals surface area contributed by atoms with Gasteiger partial charge in [-0.15, -0.1) is 0 Å². The number of carboxylic acid groups (broad SMARTS) is 2. The third-order valence-electron chi connectivity index (χ3n) is 4.75. The van der Waals surface area contributed by atoms with E-state index in [4.69, 9.17) is 9.47 Å². The molecule has 0 saturated carbocycles. The zero-order valence-electron chi connectivity index (χ0n) is 14.8. The van der Waals surface area contributed by atoms with Crippen LogP contribution in [0.2, 0.25) is 0 Å². The molecule has 1 atom stereocenters. The van der Waals surface area contributed by atoms with Crippen molar-refractivity contribution in [3.63, 3.8) is 0 Å². The molecule has 0 fully saturated rings. The quantitative estimate of drug-likeness (QED) is 0.832. The van der Waals surface area contributed by atoms with Crippen LogP contribution in [0.5, 0.6) is 11.5 Å². The van der Waals surface area contributed by atoms with Crippen molar-refractivity contribution in [3.05, 3.63) is 58.7 Å². The molecule has 0 radical (unpaired) electrons. The zero-order chi connectivity index (χ0) is 19.8. The van der Waals surface area contributed by atoms with Gasteiger partial charge < -0.3 is 19.7 Å². The average Bonchev–Trinajstić information content (AvgIpc) is 2.77. The molecule has 0 spiro atoms. The molecule has 2 N–H and O–H groups in total. The minimum atomic E-state index is -1.84. The zero-order valence-corrected chi connectivity index (χ0v) is 14.8. The summed E-state index contributed by atoms with van der Waals surface area (Å²) in [5.41, 5.74) is -0.687. The molecule has 0 saturated heterocycles. The summed E-state index contributed by atoms with van der Waals surface area (Å²) in [5, 5.41) is 19.1. The lowest BCUT2D eigenvalue weighted by atomic mass is 9.75. The molecule has 1 heterocycles. The molecule has 0 aromatic heterocycles. The van der Waals surface area contributed by atoms with Crippen LogP contribution in [0.15, 0.2) is 36.4 Å². The molecular weight excluding hydrogens is 352 g/mol. The van der Waals surface area contributed by atoms with Gasteiger partial charge in [-0.05, 0) is 18.6 Å². The smallest absolute Gasteiger partial charge is 0.314 e. The summed E-state index contributed by atoms with van der Waals surface area (Å²) in [6.07, 6.45) is -0.698. The number of hydrogen-bond donors (Lipinski definition) is 2. The average molecular weight is 370 g/mol. The molecule has 27 heavy (non-hydrogen) atoms. The van der Waals surface area contributed by atoms with E-state index < -0.39 is 29.6 Å². The Morgan fingerprint density at radius 1 is 1.22 bits per heavy atom. The van der Waals surface area contributed by atoms with Crippen LogP contribution in [-0.4, -0.2) is 35.0 Å². The first kappa shape index (κ1) is 18.4. The van der Waals surface area contributed by atoms with E-state index in [9.17, 15) is 24.6 Å². The number of fused-ring (bicyclic) bond motifs is 2. The minimum Gasteiger partial charge on any atom is -0.497 e. The number of hydrogen-bond acceptors (Lipinski definition) is 5. The predicted octanol–water partition coefficient (Wildman–Crippen LogP) is 2.64. The van der Waals surface area contributed by atoms with Gasteiger partial charge in [0, 0.05) is 17.2 Å². The third kappa shape index (κ3) is 3.12. The Kier molecular flexibility index (Phi) is 4.61. The van der Waals surface area contributed by atoms with E-state index in [1.807, 2.05) is 0 Å². The van der Waals surface area contributed by atoms with Crippen LogP contribution in [0, 0.1) is 0 Å². The van der Waals surface area contributed by atoms with Crippen molar-refractivity contribution < 1.29 is 34.1 Å². The van der Waals surface area contributed by atoms with Crippen LogP contribution in [0.1, 0.15) is 40.4 Å². The van der Waals surface area contributed by atoms with Gasteiger partial charge in [-0.1, -0.05) is 24.3 Å². The number of rotatable bonds is 5. The summed E-state index contributed by atoms with van der Waals surface area (Å²) in [6.45, 7) is 1.41. The van der Waals surface area contributed by atoms with Crippen molar-refractivity contribution >= 4 is 17.7 Å². The molecule has 1 aliphatic heterocycles. The molecule has 140 valence electrons. The number of carboxylic acids is 2. The van der Waals surface area contributed by atoms with Crippen LogP contribution in [0.4, 0.5) is 0 Å². The topological polar surface area (TPSA) is 110 Å². The monoisotopic (exact) mass is 370 g/mol. The summed E-state index contributed by atoms with van der Waals surface area (Å²) in [4.78, 5) is 36.6. The van der Waals surface area contributed by atoms with Crippen molar-refractivity contribution in [2.24, 2.45) is 0 Å². The summed E-state index contributed by atoms with van der Waals surface area (Å²) in [5.74, 6) is -2.61. The summed E-state index contributed by atoms with van der Waals surface area (Å²) in [6, 6.07) is 9.77. The number of ether oxygens (including phenoxy) is 2. The van der Waals surface area contributed by atoms with Gasteiger partial charge in [0.15, 0.2) is 5.78 Å². The van der Waals surface area contributed by atoms with Gasteiger partial charge in [0.05, 0.1) is 19.1 Å². The number of carbonyl (C=O) groups excluding carboxylic acids is 1. The van der Waals surface area contributed by atoms with Gasteiger partial charge in [0.1, 0.15) is 23.5 Å². The van der Waals surface area contributed by atoms with Crippen molar-refractivity contribution in [1.82, 2.24) is 0 Å². The van der Waals surface area contributed by atoms with Gasteiger partial charge in [-0.25, -0.2) is 0 Å². The van der Waals surface area contributed by atoms with Crippen LogP contribution in [0.3, 0.4) is 0 Å². The van der Waals surface area contributed by atoms with Gasteiger partial charge in [0.25, 0.3) is 0 Å². The first-order valence-electron chi connectivity index (χ1n) is 8.21. The van der Waals surface area contributed by atoms with E-state index in [-0.39, 0.29) is 29.2 Å². The molecular formula is C20H18O7. The van der Waals surface area contributed by atoms with E-state index in [2.05, 4.69) is 0 Å². The second-order valence-electron chi connectivity index (χ2n) is 6.53. The lowest BCUT2D eigenvalue weighted by molar-refractivity contribution is -0.149. The van der Waals surface area contributed by atoms with E-state index in [0.717, 1.165) is 0 Å². The summed E-state index contributed by atoms with van der Waals surface area (Å²) >= 11 is 0. The van der Waals surface area contributed by atoms with Gasteiger partial charge in [-0.2, -0.15) is 0 Å². The molecule has 7 nitrogen and oxygen atoms in total. The highest BCUT2D eigenvalue weighted by atomic mass is 16.5. The Hall–Kier alpha value is -3.35. The lowest BCUT2D eigenvalue weighted by Gasteiger charge is -2.27. The summed E-state index contributed by atoms with van der Waals surface area (Å²) < 4.78 is 11.0. The van der Waals surface area contributed by atoms with Crippen LogP contribution >= 0.6 is 0 Å². The van der Waals surface area contributed by atoms with Crippen LogP contribution < -0.4 is 9.47 Å². The molecule has 2 aromatic rings. The maximum absolute atomic E-state index is 13.2. The van der Waals surface area contributed by atoms with Crippen molar-refractivity contribution in [2.45, 2.75) is 25.4 Å². The second-order valence-corrected chi connectivity index (χ2v) is 6.53. The van der Waals surface area contributed by atoms with Crippen LogP contribution in [-0.2, 0) is 21.6 Å². The van der Waals surface area contributed by atoms with Crippen molar-refractivity contribution in [3.8, 4) is 11.5 Å². The first-order valence-corrected chi connectivity index (χ1v) is 8.21. The van der Waals surface area contributed by atoms with E-state index in [0.29, 0.717) is 11.1 Å². The SMILES string of the molecule is COc1cc2c(c(C(C)(CC(=O)O)C(=O)O)c1)C(=O)c1ccccc1CO2. The van der Waals surface area contributed by atoms with Gasteiger partial charge in [-0.3, -0.25) is 14.4 Å².